The summed E-state index contributed by atoms with van der Waals surface area (Å²) in [5.74, 6) is -0.335. The first kappa shape index (κ1) is 41.9. The lowest BCUT2D eigenvalue weighted by Crippen LogP contribution is -2.45. The molecule has 1 aliphatic rings. The Labute approximate surface area is 282 Å². The number of nitrogens with one attached hydrogen (secondary N) is 1. The maximum Gasteiger partial charge on any atom is 0.168 e. The predicted molar refractivity (Wildman–Crippen MR) is 200 cm³/mol. The summed E-state index contributed by atoms with van der Waals surface area (Å²) in [4.78, 5) is 0. The van der Waals surface area contributed by atoms with Gasteiger partial charge in [0.25, 0.3) is 0 Å². The Bertz CT molecular complexity index is 726. The molecule has 0 aromatic heterocycles. The van der Waals surface area contributed by atoms with Crippen molar-refractivity contribution in [1.82, 2.24) is 5.32 Å². The topological polar surface area (TPSA) is 30.5 Å². The van der Waals surface area contributed by atoms with Crippen molar-refractivity contribution in [3.05, 3.63) is 48.6 Å². The molecule has 1 fully saturated rings. The summed E-state index contributed by atoms with van der Waals surface area (Å²) in [5.41, 5.74) is 0. The zero-order valence-corrected chi connectivity index (χ0v) is 30.5. The minimum absolute atomic E-state index is 0.335. The van der Waals surface area contributed by atoms with E-state index in [1.165, 1.54) is 135 Å². The van der Waals surface area contributed by atoms with Gasteiger partial charge in [-0.25, -0.2) is 0 Å². The molecule has 1 rings (SSSR count). The molecule has 3 heteroatoms. The van der Waals surface area contributed by atoms with Crippen molar-refractivity contribution in [3.63, 3.8) is 0 Å². The van der Waals surface area contributed by atoms with E-state index in [0.717, 1.165) is 51.7 Å². The van der Waals surface area contributed by atoms with Crippen LogP contribution in [0.1, 0.15) is 187 Å². The van der Waals surface area contributed by atoms with Crippen LogP contribution in [0.3, 0.4) is 0 Å². The third kappa shape index (κ3) is 26.6. The summed E-state index contributed by atoms with van der Waals surface area (Å²) < 4.78 is 13.2. The van der Waals surface area contributed by atoms with Crippen molar-refractivity contribution >= 4 is 0 Å². The zero-order valence-electron chi connectivity index (χ0n) is 30.5. The number of rotatable bonds is 32. The molecule has 2 unspecified atom stereocenters. The second-order valence-corrected chi connectivity index (χ2v) is 13.5. The molecule has 1 saturated heterocycles. The Morgan fingerprint density at radius 2 is 0.978 bits per heavy atom. The molecule has 0 spiro atoms. The minimum Gasteiger partial charge on any atom is -0.350 e. The van der Waals surface area contributed by atoms with E-state index in [2.05, 4.69) is 67.8 Å². The molecule has 0 amide bonds. The number of allylic oxidation sites excluding steroid dienone is 8. The summed E-state index contributed by atoms with van der Waals surface area (Å²) in [6.45, 7) is 6.42. The van der Waals surface area contributed by atoms with Gasteiger partial charge in [-0.2, -0.15) is 0 Å². The zero-order chi connectivity index (χ0) is 32.4. The Balaban J connectivity index is 2.20. The van der Waals surface area contributed by atoms with Crippen LogP contribution in [0.5, 0.6) is 0 Å². The van der Waals surface area contributed by atoms with E-state index >= 15 is 0 Å². The molecule has 45 heavy (non-hydrogen) atoms. The van der Waals surface area contributed by atoms with E-state index in [1.54, 1.807) is 0 Å². The molecule has 0 bridgehead atoms. The standard InChI is InChI=1S/C42H77NO2/c1-4-6-8-10-12-14-16-18-20-22-24-26-28-30-32-34-38-42(44-40-36-41(45-42)35-39-43-3)37-33-31-29-27-25-23-21-19-17-15-13-11-9-7-5-2/h12-15,18-21,41,43H,4-11,16-17,22-40H2,1-3H3/b14-12-,15-13-,20-18-,21-19+. The fourth-order valence-electron chi connectivity index (χ4n) is 6.26. The lowest BCUT2D eigenvalue weighted by atomic mass is 9.97. The Hall–Kier alpha value is -1.16. The van der Waals surface area contributed by atoms with Gasteiger partial charge >= 0.3 is 0 Å². The van der Waals surface area contributed by atoms with E-state index in [-0.39, 0.29) is 5.79 Å². The van der Waals surface area contributed by atoms with Crippen molar-refractivity contribution in [3.8, 4) is 0 Å². The quantitative estimate of drug-likeness (QED) is 0.0594. The molecule has 0 aliphatic carbocycles. The monoisotopic (exact) mass is 628 g/mol. The highest BCUT2D eigenvalue weighted by Gasteiger charge is 2.37. The van der Waals surface area contributed by atoms with Gasteiger partial charge < -0.3 is 14.8 Å². The lowest BCUT2D eigenvalue weighted by Gasteiger charge is -2.42. The maximum atomic E-state index is 6.73. The molecule has 2 atom stereocenters. The van der Waals surface area contributed by atoms with Crippen LogP contribution < -0.4 is 5.32 Å². The highest BCUT2D eigenvalue weighted by molar-refractivity contribution is 4.93. The normalized spacial score (nSPS) is 19.3. The molecule has 0 saturated carbocycles. The van der Waals surface area contributed by atoms with E-state index in [4.69, 9.17) is 9.47 Å². The average molecular weight is 628 g/mol. The van der Waals surface area contributed by atoms with E-state index in [0.29, 0.717) is 6.10 Å². The molecule has 1 heterocycles. The van der Waals surface area contributed by atoms with Gasteiger partial charge in [0.15, 0.2) is 5.79 Å². The molecular formula is C42H77NO2. The van der Waals surface area contributed by atoms with Crippen molar-refractivity contribution in [2.24, 2.45) is 0 Å². The van der Waals surface area contributed by atoms with Gasteiger partial charge in [0.05, 0.1) is 12.7 Å². The highest BCUT2D eigenvalue weighted by atomic mass is 16.7. The predicted octanol–water partition coefficient (Wildman–Crippen LogP) is 13.1. The summed E-state index contributed by atoms with van der Waals surface area (Å²) in [6, 6.07) is 0. The fourth-order valence-corrected chi connectivity index (χ4v) is 6.26. The van der Waals surface area contributed by atoms with Gasteiger partial charge in [0, 0.05) is 12.8 Å². The number of unbranched alkanes of at least 4 members (excludes halogenated alkanes) is 17. The minimum atomic E-state index is -0.335. The Kier molecular flexibility index (Phi) is 30.5. The maximum absolute atomic E-state index is 6.73. The third-order valence-electron chi connectivity index (χ3n) is 9.17. The number of hydrogen-bond donors (Lipinski definition) is 1. The molecular weight excluding hydrogens is 550 g/mol. The van der Waals surface area contributed by atoms with Crippen LogP contribution in [0.4, 0.5) is 0 Å². The van der Waals surface area contributed by atoms with Crippen LogP contribution in [0.25, 0.3) is 0 Å². The lowest BCUT2D eigenvalue weighted by molar-refractivity contribution is -0.301. The van der Waals surface area contributed by atoms with Crippen LogP contribution >= 0.6 is 0 Å². The Morgan fingerprint density at radius 3 is 1.42 bits per heavy atom. The second-order valence-electron chi connectivity index (χ2n) is 13.5. The molecule has 1 aliphatic heterocycles. The largest absolute Gasteiger partial charge is 0.350 e. The van der Waals surface area contributed by atoms with Gasteiger partial charge in [-0.1, -0.05) is 133 Å². The fraction of sp³-hybridized carbons (Fsp3) is 0.810. The summed E-state index contributed by atoms with van der Waals surface area (Å²) in [6.07, 6.45) is 53.0. The van der Waals surface area contributed by atoms with Crippen LogP contribution in [0.2, 0.25) is 0 Å². The van der Waals surface area contributed by atoms with Crippen LogP contribution in [-0.4, -0.2) is 32.1 Å². The molecule has 1 N–H and O–H groups in total. The average Bonchev–Trinajstić information content (AvgIpc) is 3.05. The number of hydrogen-bond acceptors (Lipinski definition) is 3. The van der Waals surface area contributed by atoms with E-state index in [1.807, 2.05) is 7.05 Å². The summed E-state index contributed by atoms with van der Waals surface area (Å²) >= 11 is 0. The second kappa shape index (κ2) is 32.8. The summed E-state index contributed by atoms with van der Waals surface area (Å²) in [7, 11) is 2.04. The van der Waals surface area contributed by atoms with Gasteiger partial charge in [0.1, 0.15) is 0 Å². The van der Waals surface area contributed by atoms with Gasteiger partial charge in [-0.3, -0.25) is 0 Å². The Morgan fingerprint density at radius 1 is 0.556 bits per heavy atom. The van der Waals surface area contributed by atoms with E-state index in [9.17, 15) is 0 Å². The smallest absolute Gasteiger partial charge is 0.168 e. The van der Waals surface area contributed by atoms with Gasteiger partial charge in [-0.15, -0.1) is 0 Å². The van der Waals surface area contributed by atoms with Crippen molar-refractivity contribution in [2.45, 2.75) is 199 Å². The van der Waals surface area contributed by atoms with E-state index < -0.39 is 0 Å². The van der Waals surface area contributed by atoms with Crippen LogP contribution in [0.15, 0.2) is 48.6 Å². The van der Waals surface area contributed by atoms with Crippen molar-refractivity contribution < 1.29 is 9.47 Å². The van der Waals surface area contributed by atoms with Crippen LogP contribution in [-0.2, 0) is 9.47 Å². The van der Waals surface area contributed by atoms with Crippen molar-refractivity contribution in [2.75, 3.05) is 20.2 Å². The molecule has 0 aromatic rings. The van der Waals surface area contributed by atoms with Crippen LogP contribution in [0, 0.1) is 0 Å². The van der Waals surface area contributed by atoms with Gasteiger partial charge in [0.2, 0.25) is 0 Å². The molecule has 3 nitrogen and oxygen atoms in total. The third-order valence-corrected chi connectivity index (χ3v) is 9.17. The highest BCUT2D eigenvalue weighted by Crippen LogP contribution is 2.34. The van der Waals surface area contributed by atoms with Gasteiger partial charge in [-0.05, 0) is 103 Å². The molecule has 0 aromatic carbocycles. The first-order valence-electron chi connectivity index (χ1n) is 19.8. The number of ether oxygens (including phenoxy) is 2. The molecule has 262 valence electrons. The first-order chi connectivity index (χ1) is 22.3. The summed E-state index contributed by atoms with van der Waals surface area (Å²) in [5, 5.41) is 3.31. The SMILES string of the molecule is CCCCC/C=C\C/C=C\CCCCCCCCC1(CCCCCCC/C=C/C/C=C\CCCCC)OCCC(CCNC)O1. The van der Waals surface area contributed by atoms with Crippen molar-refractivity contribution in [1.29, 1.82) is 0 Å². The molecule has 0 radical (unpaired) electrons. The first-order valence-corrected chi connectivity index (χ1v) is 19.8.